The van der Waals surface area contributed by atoms with Crippen LogP contribution < -0.4 is 4.72 Å². The zero-order chi connectivity index (χ0) is 28.4. The number of alkyl halides is 6. The van der Waals surface area contributed by atoms with Gasteiger partial charge < -0.3 is 9.84 Å². The van der Waals surface area contributed by atoms with Crippen LogP contribution in [0.1, 0.15) is 16.7 Å². The highest BCUT2D eigenvalue weighted by molar-refractivity contribution is 7.91. The highest BCUT2D eigenvalue weighted by atomic mass is 32.2. The SMILES string of the molecule is O=COCc1ccc(CS(=O)(=O)Nc2ccc(-c3ccc(C(O)(C(F)(F)F)C(F)(F)F)cc3F)cc2)cc1. The maximum Gasteiger partial charge on any atom is 0.430 e. The zero-order valence-corrected chi connectivity index (χ0v) is 19.8. The molecule has 0 bridgehead atoms. The van der Waals surface area contributed by atoms with Crippen molar-refractivity contribution in [2.45, 2.75) is 30.3 Å². The van der Waals surface area contributed by atoms with Crippen molar-refractivity contribution >= 4 is 22.2 Å². The number of carbonyl (C=O) groups is 1. The first-order chi connectivity index (χ1) is 17.6. The first-order valence-electron chi connectivity index (χ1n) is 10.5. The molecule has 0 fully saturated rings. The van der Waals surface area contributed by atoms with Crippen LogP contribution in [-0.2, 0) is 37.5 Å². The predicted octanol–water partition coefficient (Wildman–Crippen LogP) is 5.42. The van der Waals surface area contributed by atoms with E-state index in [1.54, 1.807) is 12.1 Å². The van der Waals surface area contributed by atoms with Gasteiger partial charge in [-0.05, 0) is 34.9 Å². The minimum atomic E-state index is -6.16. The first kappa shape index (κ1) is 28.9. The van der Waals surface area contributed by atoms with Gasteiger partial charge in [0.25, 0.3) is 12.1 Å². The highest BCUT2D eigenvalue weighted by Gasteiger charge is 2.71. The summed E-state index contributed by atoms with van der Waals surface area (Å²) in [6, 6.07) is 12.0. The molecule has 0 aromatic heterocycles. The predicted molar refractivity (Wildman–Crippen MR) is 121 cm³/mol. The lowest BCUT2D eigenvalue weighted by molar-refractivity contribution is -0.376. The minimum Gasteiger partial charge on any atom is -0.463 e. The Morgan fingerprint density at radius 1 is 0.842 bits per heavy atom. The van der Waals surface area contributed by atoms with E-state index in [1.165, 1.54) is 36.4 Å². The van der Waals surface area contributed by atoms with Crippen molar-refractivity contribution in [1.82, 2.24) is 0 Å². The van der Waals surface area contributed by atoms with Gasteiger partial charge in [-0.3, -0.25) is 9.52 Å². The van der Waals surface area contributed by atoms with E-state index in [0.717, 1.165) is 0 Å². The Morgan fingerprint density at radius 2 is 1.39 bits per heavy atom. The molecule has 0 aliphatic heterocycles. The van der Waals surface area contributed by atoms with Crippen LogP contribution in [0.15, 0.2) is 66.7 Å². The number of hydrogen-bond donors (Lipinski definition) is 2. The number of benzene rings is 3. The molecule has 0 radical (unpaired) electrons. The molecule has 0 saturated carbocycles. The third-order valence-corrected chi connectivity index (χ3v) is 6.63. The van der Waals surface area contributed by atoms with Gasteiger partial charge in [0.2, 0.25) is 10.0 Å². The summed E-state index contributed by atoms with van der Waals surface area (Å²) in [4.78, 5) is 10.2. The summed E-state index contributed by atoms with van der Waals surface area (Å²) in [5.74, 6) is -1.88. The molecule has 0 heterocycles. The molecule has 0 aliphatic rings. The molecule has 0 amide bonds. The summed E-state index contributed by atoms with van der Waals surface area (Å²) in [5, 5.41) is 9.44. The standard InChI is InChI=1S/C24H18F7NO5S/c25-21-11-18(22(34,23(26,27)28)24(29,30)31)7-10-20(21)17-5-8-19(9-6-17)32-38(35,36)13-16-3-1-15(2-4-16)12-37-14-33/h1-11,14,32,34H,12-13H2. The van der Waals surface area contributed by atoms with Crippen LogP contribution in [-0.4, -0.2) is 32.3 Å². The molecule has 3 aromatic carbocycles. The van der Waals surface area contributed by atoms with Crippen molar-refractivity contribution in [2.24, 2.45) is 0 Å². The van der Waals surface area contributed by atoms with Crippen molar-refractivity contribution < 1.29 is 53.8 Å². The van der Waals surface area contributed by atoms with Crippen molar-refractivity contribution in [3.05, 3.63) is 89.2 Å². The fourth-order valence-electron chi connectivity index (χ4n) is 3.48. The number of anilines is 1. The van der Waals surface area contributed by atoms with Crippen LogP contribution >= 0.6 is 0 Å². The van der Waals surface area contributed by atoms with Gasteiger partial charge in [-0.1, -0.05) is 48.5 Å². The largest absolute Gasteiger partial charge is 0.463 e. The van der Waals surface area contributed by atoms with E-state index in [0.29, 0.717) is 23.3 Å². The van der Waals surface area contributed by atoms with Gasteiger partial charge in [0.05, 0.1) is 5.75 Å². The van der Waals surface area contributed by atoms with E-state index < -0.39 is 45.1 Å². The molecule has 38 heavy (non-hydrogen) atoms. The van der Waals surface area contributed by atoms with Gasteiger partial charge >= 0.3 is 12.4 Å². The van der Waals surface area contributed by atoms with Crippen molar-refractivity contribution in [3.63, 3.8) is 0 Å². The van der Waals surface area contributed by atoms with Gasteiger partial charge in [0.1, 0.15) is 12.4 Å². The lowest BCUT2D eigenvalue weighted by Gasteiger charge is -2.32. The number of ether oxygens (including phenoxy) is 1. The van der Waals surface area contributed by atoms with E-state index in [1.807, 2.05) is 0 Å². The Hall–Kier alpha value is -3.65. The molecule has 6 nitrogen and oxygen atoms in total. The van der Waals surface area contributed by atoms with Crippen LogP contribution in [0.4, 0.5) is 36.4 Å². The maximum absolute atomic E-state index is 14.6. The molecule has 0 saturated heterocycles. The molecule has 0 spiro atoms. The number of halogens is 7. The molecule has 204 valence electrons. The second-order valence-electron chi connectivity index (χ2n) is 8.06. The maximum atomic E-state index is 14.6. The summed E-state index contributed by atoms with van der Waals surface area (Å²) >= 11 is 0. The third kappa shape index (κ3) is 6.25. The smallest absolute Gasteiger partial charge is 0.430 e. The summed E-state index contributed by atoms with van der Waals surface area (Å²) in [6.07, 6.45) is -12.3. The monoisotopic (exact) mass is 565 g/mol. The van der Waals surface area contributed by atoms with E-state index in [-0.39, 0.29) is 36.0 Å². The summed E-state index contributed by atoms with van der Waals surface area (Å²) < 4.78 is 125. The lowest BCUT2D eigenvalue weighted by Crippen LogP contribution is -2.53. The Kier molecular flexibility index (Phi) is 8.07. The quantitative estimate of drug-likeness (QED) is 0.267. The summed E-state index contributed by atoms with van der Waals surface area (Å²) in [7, 11) is -3.91. The summed E-state index contributed by atoms with van der Waals surface area (Å²) in [6.45, 7) is 0.300. The molecular weight excluding hydrogens is 547 g/mol. The first-order valence-corrected chi connectivity index (χ1v) is 12.1. The Morgan fingerprint density at radius 3 is 1.89 bits per heavy atom. The highest BCUT2D eigenvalue weighted by Crippen LogP contribution is 2.50. The number of rotatable bonds is 9. The molecule has 0 unspecified atom stereocenters. The zero-order valence-electron chi connectivity index (χ0n) is 19.0. The Labute approximate surface area is 211 Å². The van der Waals surface area contributed by atoms with Crippen LogP contribution in [0.2, 0.25) is 0 Å². The van der Waals surface area contributed by atoms with Gasteiger partial charge in [0.15, 0.2) is 0 Å². The topological polar surface area (TPSA) is 92.7 Å². The average Bonchev–Trinajstić information content (AvgIpc) is 2.82. The van der Waals surface area contributed by atoms with Crippen LogP contribution in [0.25, 0.3) is 11.1 Å². The lowest BCUT2D eigenvalue weighted by atomic mass is 9.90. The van der Waals surface area contributed by atoms with E-state index in [4.69, 9.17) is 0 Å². The second kappa shape index (κ2) is 10.6. The molecule has 14 heteroatoms. The van der Waals surface area contributed by atoms with Gasteiger partial charge in [0, 0.05) is 16.8 Å². The molecule has 3 rings (SSSR count). The molecular formula is C24H18F7NO5S. The summed E-state index contributed by atoms with van der Waals surface area (Å²) in [5.41, 5.74) is -6.25. The molecule has 2 N–H and O–H groups in total. The number of sulfonamides is 1. The number of aliphatic hydroxyl groups is 1. The minimum absolute atomic E-state index is 0.0210. The fourth-order valence-corrected chi connectivity index (χ4v) is 4.68. The van der Waals surface area contributed by atoms with Crippen molar-refractivity contribution in [1.29, 1.82) is 0 Å². The third-order valence-electron chi connectivity index (χ3n) is 5.37. The Balaban J connectivity index is 1.77. The van der Waals surface area contributed by atoms with Gasteiger partial charge in [-0.2, -0.15) is 26.3 Å². The average molecular weight is 565 g/mol. The van der Waals surface area contributed by atoms with Gasteiger partial charge in [-0.25, -0.2) is 12.8 Å². The number of nitrogens with one attached hydrogen (secondary N) is 1. The number of carbonyl (C=O) groups excluding carboxylic acids is 1. The second-order valence-corrected chi connectivity index (χ2v) is 9.79. The molecule has 3 aromatic rings. The van der Waals surface area contributed by atoms with E-state index in [2.05, 4.69) is 9.46 Å². The van der Waals surface area contributed by atoms with Gasteiger partial charge in [-0.15, -0.1) is 0 Å². The van der Waals surface area contributed by atoms with E-state index >= 15 is 0 Å². The van der Waals surface area contributed by atoms with Crippen LogP contribution in [0.3, 0.4) is 0 Å². The Bertz CT molecular complexity index is 1370. The normalized spacial score (nSPS) is 12.7. The molecule has 0 atom stereocenters. The number of hydrogen-bond acceptors (Lipinski definition) is 5. The van der Waals surface area contributed by atoms with Crippen LogP contribution in [0, 0.1) is 5.82 Å². The van der Waals surface area contributed by atoms with Crippen molar-refractivity contribution in [3.8, 4) is 11.1 Å². The fraction of sp³-hybridized carbons (Fsp3) is 0.208. The van der Waals surface area contributed by atoms with Crippen molar-refractivity contribution in [2.75, 3.05) is 4.72 Å². The van der Waals surface area contributed by atoms with E-state index in [9.17, 15) is 49.1 Å². The molecule has 0 aliphatic carbocycles. The van der Waals surface area contributed by atoms with Crippen LogP contribution in [0.5, 0.6) is 0 Å².